The SMILES string of the molecule is CCCC[N+]1(CC)C=CC=C1.[Cl-]. The van der Waals surface area contributed by atoms with Gasteiger partial charge in [0.2, 0.25) is 0 Å². The van der Waals surface area contributed by atoms with E-state index in [-0.39, 0.29) is 12.4 Å². The zero-order valence-corrected chi connectivity index (χ0v) is 8.72. The molecule has 0 amide bonds. The molecule has 0 bridgehead atoms. The van der Waals surface area contributed by atoms with Gasteiger partial charge in [0, 0.05) is 0 Å². The molecule has 1 aliphatic rings. The summed E-state index contributed by atoms with van der Waals surface area (Å²) in [5.74, 6) is 0. The molecule has 2 heteroatoms. The highest BCUT2D eigenvalue weighted by atomic mass is 35.5. The van der Waals surface area contributed by atoms with Gasteiger partial charge in [0.05, 0.1) is 13.1 Å². The first-order chi connectivity index (χ1) is 5.33. The van der Waals surface area contributed by atoms with Crippen LogP contribution >= 0.6 is 0 Å². The summed E-state index contributed by atoms with van der Waals surface area (Å²) in [5.41, 5.74) is 0. The second-order valence-corrected chi connectivity index (χ2v) is 3.18. The predicted octanol–water partition coefficient (Wildman–Crippen LogP) is -0.332. The minimum atomic E-state index is 0. The van der Waals surface area contributed by atoms with Crippen molar-refractivity contribution in [1.82, 2.24) is 0 Å². The number of unbranched alkanes of at least 4 members (excludes halogenated alkanes) is 1. The number of quaternary nitrogens is 1. The summed E-state index contributed by atoms with van der Waals surface area (Å²) in [6.07, 6.45) is 11.5. The van der Waals surface area contributed by atoms with Gasteiger partial charge in [0.25, 0.3) is 0 Å². The molecule has 0 aromatic heterocycles. The molecule has 1 rings (SSSR count). The highest BCUT2D eigenvalue weighted by molar-refractivity contribution is 5.03. The molecular weight excluding hydrogens is 170 g/mol. The number of nitrogens with zero attached hydrogens (tertiary/aromatic N) is 1. The normalized spacial score (nSPS) is 17.8. The van der Waals surface area contributed by atoms with Gasteiger partial charge < -0.3 is 12.4 Å². The first kappa shape index (κ1) is 11.7. The summed E-state index contributed by atoms with van der Waals surface area (Å²) in [5, 5.41) is 0. The van der Waals surface area contributed by atoms with Crippen molar-refractivity contribution in [3.8, 4) is 0 Å². The maximum atomic E-state index is 2.29. The summed E-state index contributed by atoms with van der Waals surface area (Å²) in [6, 6.07) is 0. The van der Waals surface area contributed by atoms with Gasteiger partial charge in [-0.15, -0.1) is 0 Å². The molecule has 0 spiro atoms. The van der Waals surface area contributed by atoms with Crippen molar-refractivity contribution in [3.05, 3.63) is 24.6 Å². The largest absolute Gasteiger partial charge is 1.00 e. The fourth-order valence-corrected chi connectivity index (χ4v) is 1.46. The Bertz CT molecular complexity index is 161. The second kappa shape index (κ2) is 5.39. The molecule has 0 N–H and O–H groups in total. The summed E-state index contributed by atoms with van der Waals surface area (Å²) < 4.78 is 1.06. The van der Waals surface area contributed by atoms with E-state index < -0.39 is 0 Å². The van der Waals surface area contributed by atoms with Crippen molar-refractivity contribution in [3.63, 3.8) is 0 Å². The average Bonchev–Trinajstić information content (AvgIpc) is 2.50. The molecule has 1 nitrogen and oxygen atoms in total. The molecular formula is C10H18ClN. The van der Waals surface area contributed by atoms with Crippen LogP contribution in [-0.4, -0.2) is 17.6 Å². The van der Waals surface area contributed by atoms with Crippen LogP contribution in [0.5, 0.6) is 0 Å². The van der Waals surface area contributed by atoms with E-state index in [2.05, 4.69) is 38.4 Å². The van der Waals surface area contributed by atoms with Crippen LogP contribution in [0.1, 0.15) is 26.7 Å². The van der Waals surface area contributed by atoms with Gasteiger partial charge in [-0.1, -0.05) is 13.3 Å². The maximum Gasteiger partial charge on any atom is 0.101 e. The molecule has 0 atom stereocenters. The van der Waals surface area contributed by atoms with Gasteiger partial charge in [-0.25, -0.2) is 0 Å². The minimum Gasteiger partial charge on any atom is -1.00 e. The van der Waals surface area contributed by atoms with Crippen molar-refractivity contribution in [1.29, 1.82) is 0 Å². The lowest BCUT2D eigenvalue weighted by Gasteiger charge is -2.27. The van der Waals surface area contributed by atoms with Gasteiger partial charge in [0.1, 0.15) is 12.4 Å². The Hall–Kier alpha value is -0.270. The lowest BCUT2D eigenvalue weighted by molar-refractivity contribution is -0.824. The van der Waals surface area contributed by atoms with E-state index in [0.29, 0.717) is 0 Å². The molecule has 12 heavy (non-hydrogen) atoms. The van der Waals surface area contributed by atoms with Gasteiger partial charge >= 0.3 is 0 Å². The maximum absolute atomic E-state index is 2.29. The van der Waals surface area contributed by atoms with Crippen LogP contribution in [0.2, 0.25) is 0 Å². The van der Waals surface area contributed by atoms with Crippen molar-refractivity contribution >= 4 is 0 Å². The standard InChI is InChI=1S/C10H18N.ClH/c1-3-5-8-11(4-2)9-6-7-10-11;/h6-7,9-10H,3-5,8H2,1-2H3;1H/q+1;/p-1. The van der Waals surface area contributed by atoms with E-state index in [1.54, 1.807) is 0 Å². The molecule has 0 saturated heterocycles. The van der Waals surface area contributed by atoms with Crippen LogP contribution in [0.15, 0.2) is 24.6 Å². The minimum absolute atomic E-state index is 0. The lowest BCUT2D eigenvalue weighted by atomic mass is 10.3. The molecule has 0 aromatic carbocycles. The highest BCUT2D eigenvalue weighted by Crippen LogP contribution is 2.16. The molecule has 0 fully saturated rings. The van der Waals surface area contributed by atoms with Crippen LogP contribution in [0.4, 0.5) is 0 Å². The molecule has 0 unspecified atom stereocenters. The number of hydrogen-bond acceptors (Lipinski definition) is 0. The molecule has 0 aromatic rings. The summed E-state index contributed by atoms with van der Waals surface area (Å²) in [7, 11) is 0. The smallest absolute Gasteiger partial charge is 0.101 e. The molecule has 0 saturated carbocycles. The predicted molar refractivity (Wildman–Crippen MR) is 48.9 cm³/mol. The van der Waals surface area contributed by atoms with Crippen LogP contribution in [0, 0.1) is 0 Å². The van der Waals surface area contributed by atoms with E-state index in [4.69, 9.17) is 0 Å². The third-order valence-electron chi connectivity index (χ3n) is 2.39. The second-order valence-electron chi connectivity index (χ2n) is 3.18. The Balaban J connectivity index is 0.00000121. The average molecular weight is 188 g/mol. The summed E-state index contributed by atoms with van der Waals surface area (Å²) in [6.45, 7) is 6.94. The molecule has 0 radical (unpaired) electrons. The fourth-order valence-electron chi connectivity index (χ4n) is 1.46. The number of halogens is 1. The van der Waals surface area contributed by atoms with Gasteiger partial charge in [0.15, 0.2) is 0 Å². The van der Waals surface area contributed by atoms with Crippen molar-refractivity contribution in [2.45, 2.75) is 26.7 Å². The van der Waals surface area contributed by atoms with Gasteiger partial charge in [-0.2, -0.15) is 0 Å². The van der Waals surface area contributed by atoms with E-state index >= 15 is 0 Å². The Morgan fingerprint density at radius 1 is 1.08 bits per heavy atom. The topological polar surface area (TPSA) is 0 Å². The number of hydrogen-bond donors (Lipinski definition) is 0. The first-order valence-electron chi connectivity index (χ1n) is 4.56. The van der Waals surface area contributed by atoms with Crippen LogP contribution in [0.25, 0.3) is 0 Å². The third-order valence-corrected chi connectivity index (χ3v) is 2.39. The highest BCUT2D eigenvalue weighted by Gasteiger charge is 2.20. The molecule has 0 aliphatic carbocycles. The number of rotatable bonds is 4. The lowest BCUT2D eigenvalue weighted by Crippen LogP contribution is -3.00. The third kappa shape index (κ3) is 2.65. The molecule has 70 valence electrons. The molecule has 1 heterocycles. The Morgan fingerprint density at radius 2 is 1.67 bits per heavy atom. The van der Waals surface area contributed by atoms with E-state index in [1.165, 1.54) is 25.9 Å². The van der Waals surface area contributed by atoms with Crippen molar-refractivity contribution in [2.75, 3.05) is 13.1 Å². The van der Waals surface area contributed by atoms with Crippen LogP contribution in [-0.2, 0) is 0 Å². The van der Waals surface area contributed by atoms with Crippen LogP contribution in [0.3, 0.4) is 0 Å². The van der Waals surface area contributed by atoms with Crippen molar-refractivity contribution in [2.24, 2.45) is 0 Å². The van der Waals surface area contributed by atoms with E-state index in [1.807, 2.05) is 0 Å². The first-order valence-corrected chi connectivity index (χ1v) is 4.56. The van der Waals surface area contributed by atoms with Crippen molar-refractivity contribution < 1.29 is 16.9 Å². The van der Waals surface area contributed by atoms with E-state index in [0.717, 1.165) is 4.48 Å². The Labute approximate surface area is 81.8 Å². The monoisotopic (exact) mass is 187 g/mol. The molecule has 1 aliphatic heterocycles. The Morgan fingerprint density at radius 3 is 2.08 bits per heavy atom. The number of allylic oxidation sites excluding steroid dienone is 2. The summed E-state index contributed by atoms with van der Waals surface area (Å²) in [4.78, 5) is 0. The van der Waals surface area contributed by atoms with E-state index in [9.17, 15) is 0 Å². The summed E-state index contributed by atoms with van der Waals surface area (Å²) >= 11 is 0. The van der Waals surface area contributed by atoms with Crippen LogP contribution < -0.4 is 12.4 Å². The zero-order chi connectivity index (χ0) is 8.16. The Kier molecular flexibility index (Phi) is 5.27. The zero-order valence-electron chi connectivity index (χ0n) is 7.96. The quantitative estimate of drug-likeness (QED) is 0.529. The van der Waals surface area contributed by atoms with Gasteiger partial charge in [-0.3, -0.25) is 4.48 Å². The van der Waals surface area contributed by atoms with Gasteiger partial charge in [-0.05, 0) is 25.5 Å². The fraction of sp³-hybridized carbons (Fsp3) is 0.600.